The van der Waals surface area contributed by atoms with Crippen LogP contribution in [-0.4, -0.2) is 15.5 Å². The van der Waals surface area contributed by atoms with Crippen LogP contribution in [0.4, 0.5) is 5.69 Å². The largest absolute Gasteiger partial charge is 0.495 e. The first-order valence-electron chi connectivity index (χ1n) is 5.75. The highest BCUT2D eigenvalue weighted by atomic mass is 35.5. The van der Waals surface area contributed by atoms with Crippen LogP contribution in [0.5, 0.6) is 5.75 Å². The first-order chi connectivity index (χ1) is 10.2. The number of hydrogen-bond acceptors (Lipinski definition) is 3. The van der Waals surface area contributed by atoms with Crippen molar-refractivity contribution in [3.8, 4) is 5.75 Å². The third-order valence-electron chi connectivity index (χ3n) is 2.67. The van der Waals surface area contributed by atoms with E-state index in [4.69, 9.17) is 51.1 Å². The minimum Gasteiger partial charge on any atom is -0.495 e. The summed E-state index contributed by atoms with van der Waals surface area (Å²) in [6.07, 6.45) is 0. The molecule has 0 heterocycles. The lowest BCUT2D eigenvalue weighted by Gasteiger charge is -2.13. The van der Waals surface area contributed by atoms with E-state index in [0.29, 0.717) is 0 Å². The lowest BCUT2D eigenvalue weighted by Crippen LogP contribution is -2.14. The molecular formula is C13H9Cl4NO3S. The van der Waals surface area contributed by atoms with Gasteiger partial charge in [-0.2, -0.15) is 0 Å². The summed E-state index contributed by atoms with van der Waals surface area (Å²) < 4.78 is 32.4. The number of sulfonamides is 1. The maximum absolute atomic E-state index is 12.5. The van der Waals surface area contributed by atoms with Gasteiger partial charge in [0.25, 0.3) is 10.0 Å². The van der Waals surface area contributed by atoms with Crippen molar-refractivity contribution >= 4 is 62.1 Å². The van der Waals surface area contributed by atoms with Gasteiger partial charge in [-0.1, -0.05) is 46.4 Å². The number of nitrogens with one attached hydrogen (secondary N) is 1. The van der Waals surface area contributed by atoms with Gasteiger partial charge in [-0.25, -0.2) is 8.42 Å². The fourth-order valence-electron chi connectivity index (χ4n) is 1.66. The van der Waals surface area contributed by atoms with Crippen LogP contribution < -0.4 is 9.46 Å². The summed E-state index contributed by atoms with van der Waals surface area (Å²) >= 11 is 23.5. The van der Waals surface area contributed by atoms with Gasteiger partial charge in [0.15, 0.2) is 0 Å². The van der Waals surface area contributed by atoms with Gasteiger partial charge in [-0.3, -0.25) is 4.72 Å². The molecule has 118 valence electrons. The molecular weight excluding hydrogens is 392 g/mol. The number of halogens is 4. The van der Waals surface area contributed by atoms with Gasteiger partial charge in [0.1, 0.15) is 10.6 Å². The second kappa shape index (κ2) is 6.72. The Balaban J connectivity index is 2.49. The highest BCUT2D eigenvalue weighted by Crippen LogP contribution is 2.35. The highest BCUT2D eigenvalue weighted by Gasteiger charge is 2.21. The van der Waals surface area contributed by atoms with Gasteiger partial charge in [0.2, 0.25) is 0 Å². The fraction of sp³-hybridized carbons (Fsp3) is 0.0769. The van der Waals surface area contributed by atoms with Gasteiger partial charge in [0.05, 0.1) is 27.9 Å². The van der Waals surface area contributed by atoms with Crippen molar-refractivity contribution in [3.63, 3.8) is 0 Å². The van der Waals surface area contributed by atoms with E-state index in [1.165, 1.54) is 37.4 Å². The Morgan fingerprint density at radius 2 is 1.59 bits per heavy atom. The van der Waals surface area contributed by atoms with Crippen LogP contribution in [0, 0.1) is 0 Å². The number of benzene rings is 2. The Kier molecular flexibility index (Phi) is 5.35. The number of methoxy groups -OCH3 is 1. The molecule has 0 fully saturated rings. The maximum atomic E-state index is 12.5. The molecule has 2 aromatic rings. The Bertz CT molecular complexity index is 824. The van der Waals surface area contributed by atoms with E-state index in [1.807, 2.05) is 0 Å². The number of anilines is 1. The summed E-state index contributed by atoms with van der Waals surface area (Å²) in [5, 5.41) is 0.747. The summed E-state index contributed by atoms with van der Waals surface area (Å²) in [5.41, 5.74) is 0.0955. The predicted molar refractivity (Wildman–Crippen MR) is 90.3 cm³/mol. The second-order valence-electron chi connectivity index (χ2n) is 4.15. The van der Waals surface area contributed by atoms with Crippen LogP contribution in [0.1, 0.15) is 0 Å². The molecule has 2 rings (SSSR count). The van der Waals surface area contributed by atoms with E-state index >= 15 is 0 Å². The van der Waals surface area contributed by atoms with Crippen LogP contribution in [0.2, 0.25) is 20.1 Å². The summed E-state index contributed by atoms with van der Waals surface area (Å²) in [7, 11) is -2.62. The van der Waals surface area contributed by atoms with Crippen molar-refractivity contribution in [1.29, 1.82) is 0 Å². The van der Waals surface area contributed by atoms with Gasteiger partial charge in [-0.05, 0) is 30.3 Å². The van der Waals surface area contributed by atoms with Gasteiger partial charge in [-0.15, -0.1) is 0 Å². The predicted octanol–water partition coefficient (Wildman–Crippen LogP) is 5.11. The van der Waals surface area contributed by atoms with Crippen molar-refractivity contribution in [1.82, 2.24) is 0 Å². The summed E-state index contributed by atoms with van der Waals surface area (Å²) in [6.45, 7) is 0. The zero-order valence-electron chi connectivity index (χ0n) is 11.0. The fourth-order valence-corrected chi connectivity index (χ4v) is 3.81. The first-order valence-corrected chi connectivity index (χ1v) is 8.75. The van der Waals surface area contributed by atoms with Crippen LogP contribution in [0.3, 0.4) is 0 Å². The molecule has 0 bridgehead atoms. The number of rotatable bonds is 4. The van der Waals surface area contributed by atoms with Crippen molar-refractivity contribution in [2.75, 3.05) is 11.8 Å². The Morgan fingerprint density at radius 1 is 0.955 bits per heavy atom. The SMILES string of the molecule is COc1ccc(Cl)cc1S(=O)(=O)Nc1cc(Cl)c(Cl)cc1Cl. The van der Waals surface area contributed by atoms with Crippen LogP contribution in [0.25, 0.3) is 0 Å². The summed E-state index contributed by atoms with van der Waals surface area (Å²) in [4.78, 5) is -0.121. The average Bonchev–Trinajstić information content (AvgIpc) is 2.44. The van der Waals surface area contributed by atoms with E-state index in [-0.39, 0.29) is 36.4 Å². The van der Waals surface area contributed by atoms with Crippen LogP contribution in [0.15, 0.2) is 35.2 Å². The molecule has 0 saturated heterocycles. The van der Waals surface area contributed by atoms with Crippen LogP contribution >= 0.6 is 46.4 Å². The molecule has 0 radical (unpaired) electrons. The summed E-state index contributed by atoms with van der Waals surface area (Å²) in [6, 6.07) is 6.91. The molecule has 9 heteroatoms. The van der Waals surface area contributed by atoms with E-state index < -0.39 is 10.0 Å². The average molecular weight is 401 g/mol. The van der Waals surface area contributed by atoms with Gasteiger partial charge >= 0.3 is 0 Å². The minimum absolute atomic E-state index is 0.0955. The normalized spacial score (nSPS) is 11.3. The molecule has 0 atom stereocenters. The molecule has 0 amide bonds. The van der Waals surface area contributed by atoms with Gasteiger partial charge in [0, 0.05) is 5.02 Å². The number of hydrogen-bond donors (Lipinski definition) is 1. The monoisotopic (exact) mass is 399 g/mol. The highest BCUT2D eigenvalue weighted by molar-refractivity contribution is 7.92. The zero-order chi connectivity index (χ0) is 16.5. The first kappa shape index (κ1) is 17.5. The van der Waals surface area contributed by atoms with Crippen molar-refractivity contribution in [2.24, 2.45) is 0 Å². The standard InChI is InChI=1S/C13H9Cl4NO3S/c1-21-12-3-2-7(14)4-13(12)22(19,20)18-11-6-9(16)8(15)5-10(11)17/h2-6,18H,1H3. The van der Waals surface area contributed by atoms with Gasteiger partial charge < -0.3 is 4.74 Å². The molecule has 0 aliphatic carbocycles. The molecule has 0 spiro atoms. The summed E-state index contributed by atoms with van der Waals surface area (Å²) in [5.74, 6) is 0.146. The quantitative estimate of drug-likeness (QED) is 0.725. The van der Waals surface area contributed by atoms with E-state index in [1.54, 1.807) is 0 Å². The molecule has 0 aliphatic rings. The van der Waals surface area contributed by atoms with E-state index in [9.17, 15) is 8.42 Å². The molecule has 2 aromatic carbocycles. The second-order valence-corrected chi connectivity index (χ2v) is 7.46. The Morgan fingerprint density at radius 3 is 2.23 bits per heavy atom. The van der Waals surface area contributed by atoms with Crippen molar-refractivity contribution in [3.05, 3.63) is 50.4 Å². The van der Waals surface area contributed by atoms with E-state index in [2.05, 4.69) is 4.72 Å². The lowest BCUT2D eigenvalue weighted by molar-refractivity contribution is 0.403. The Hall–Kier alpha value is -0.850. The van der Waals surface area contributed by atoms with Crippen molar-refractivity contribution < 1.29 is 13.2 Å². The smallest absolute Gasteiger partial charge is 0.265 e. The zero-order valence-corrected chi connectivity index (χ0v) is 14.9. The van der Waals surface area contributed by atoms with E-state index in [0.717, 1.165) is 0 Å². The third-order valence-corrected chi connectivity index (χ3v) is 5.33. The minimum atomic E-state index is -3.98. The molecule has 22 heavy (non-hydrogen) atoms. The lowest BCUT2D eigenvalue weighted by atomic mass is 10.3. The van der Waals surface area contributed by atoms with Crippen molar-refractivity contribution in [2.45, 2.75) is 4.90 Å². The number of ether oxygens (including phenoxy) is 1. The molecule has 0 aromatic heterocycles. The molecule has 0 saturated carbocycles. The molecule has 4 nitrogen and oxygen atoms in total. The third kappa shape index (κ3) is 3.73. The molecule has 0 unspecified atom stereocenters. The maximum Gasteiger partial charge on any atom is 0.265 e. The molecule has 0 aliphatic heterocycles. The Labute approximate surface area is 147 Å². The topological polar surface area (TPSA) is 55.4 Å². The van der Waals surface area contributed by atoms with Crippen LogP contribution in [-0.2, 0) is 10.0 Å². The molecule has 1 N–H and O–H groups in total.